The monoisotopic (exact) mass is 514 g/mol. The molecule has 0 aliphatic heterocycles. The third kappa shape index (κ3) is 7.19. The summed E-state index contributed by atoms with van der Waals surface area (Å²) in [6, 6.07) is 12.2. The second-order valence-corrected chi connectivity index (χ2v) is 6.29. The highest BCUT2D eigenvalue weighted by molar-refractivity contribution is 14.0. The fraction of sp³-hybridized carbons (Fsp3) is 0.333. The zero-order valence-corrected chi connectivity index (χ0v) is 19.4. The number of hydrogen-bond donors (Lipinski definition) is 3. The molecule has 0 aliphatic carbocycles. The first-order valence-corrected chi connectivity index (χ1v) is 9.10. The summed E-state index contributed by atoms with van der Waals surface area (Å²) in [6.07, 6.45) is 0.733. The smallest absolute Gasteiger partial charge is 0.251 e. The molecule has 29 heavy (non-hydrogen) atoms. The summed E-state index contributed by atoms with van der Waals surface area (Å²) in [7, 11) is 4.74. The van der Waals surface area contributed by atoms with Gasteiger partial charge in [0.15, 0.2) is 17.5 Å². The number of ether oxygens (including phenoxy) is 1. The van der Waals surface area contributed by atoms with Crippen LogP contribution in [0.4, 0.5) is 4.39 Å². The van der Waals surface area contributed by atoms with Crippen LogP contribution in [0, 0.1) is 5.82 Å². The van der Waals surface area contributed by atoms with E-state index in [2.05, 4.69) is 20.9 Å². The third-order valence-corrected chi connectivity index (χ3v) is 4.38. The molecule has 0 radical (unpaired) electrons. The molecule has 0 bridgehead atoms. The van der Waals surface area contributed by atoms with E-state index >= 15 is 0 Å². The van der Waals surface area contributed by atoms with Crippen LogP contribution in [0.5, 0.6) is 5.75 Å². The van der Waals surface area contributed by atoms with Crippen LogP contribution >= 0.6 is 24.0 Å². The van der Waals surface area contributed by atoms with Crippen LogP contribution in [0.25, 0.3) is 0 Å². The predicted molar refractivity (Wildman–Crippen MR) is 125 cm³/mol. The van der Waals surface area contributed by atoms with Crippen molar-refractivity contribution in [2.75, 3.05) is 27.7 Å². The van der Waals surface area contributed by atoms with E-state index in [0.29, 0.717) is 18.1 Å². The van der Waals surface area contributed by atoms with E-state index in [4.69, 9.17) is 4.74 Å². The normalized spacial score (nSPS) is 11.8. The van der Waals surface area contributed by atoms with Crippen molar-refractivity contribution in [3.63, 3.8) is 0 Å². The van der Waals surface area contributed by atoms with Gasteiger partial charge in [-0.25, -0.2) is 4.39 Å². The van der Waals surface area contributed by atoms with Gasteiger partial charge in [0, 0.05) is 26.2 Å². The molecule has 0 saturated carbocycles. The maximum atomic E-state index is 13.9. The van der Waals surface area contributed by atoms with Gasteiger partial charge in [0.05, 0.1) is 13.2 Å². The number of nitrogens with one attached hydrogen (secondary N) is 3. The molecule has 8 heteroatoms. The second-order valence-electron chi connectivity index (χ2n) is 6.29. The van der Waals surface area contributed by atoms with E-state index in [9.17, 15) is 9.18 Å². The van der Waals surface area contributed by atoms with Crippen molar-refractivity contribution in [3.8, 4) is 5.75 Å². The number of hydrogen-bond acceptors (Lipinski definition) is 3. The van der Waals surface area contributed by atoms with Crippen molar-refractivity contribution >= 4 is 35.8 Å². The van der Waals surface area contributed by atoms with Crippen LogP contribution < -0.4 is 20.7 Å². The van der Waals surface area contributed by atoms with E-state index in [1.165, 1.54) is 13.2 Å². The lowest BCUT2D eigenvalue weighted by molar-refractivity contribution is 0.0963. The Morgan fingerprint density at radius 1 is 1.24 bits per heavy atom. The Morgan fingerprint density at radius 2 is 2.00 bits per heavy atom. The highest BCUT2D eigenvalue weighted by Gasteiger charge is 2.11. The molecule has 1 amide bonds. The molecule has 2 aromatic carbocycles. The molecule has 0 aliphatic rings. The molecule has 6 nitrogen and oxygen atoms in total. The average molecular weight is 514 g/mol. The van der Waals surface area contributed by atoms with Gasteiger partial charge in [0.25, 0.3) is 5.91 Å². The average Bonchev–Trinajstić information content (AvgIpc) is 2.72. The van der Waals surface area contributed by atoms with E-state index < -0.39 is 5.82 Å². The van der Waals surface area contributed by atoms with Crippen molar-refractivity contribution in [2.24, 2.45) is 4.99 Å². The first kappa shape index (κ1) is 24.7. The number of nitrogens with zero attached hydrogens (tertiary/aromatic N) is 1. The quantitative estimate of drug-likeness (QED) is 0.301. The van der Waals surface area contributed by atoms with Crippen molar-refractivity contribution < 1.29 is 13.9 Å². The number of carbonyl (C=O) groups is 1. The number of benzene rings is 2. The summed E-state index contributed by atoms with van der Waals surface area (Å²) in [4.78, 5) is 15.9. The minimum Gasteiger partial charge on any atom is -0.494 e. The van der Waals surface area contributed by atoms with Crippen LogP contribution in [-0.4, -0.2) is 39.6 Å². The number of guanidine groups is 1. The summed E-state index contributed by atoms with van der Waals surface area (Å²) in [5.74, 6) is 0.337. The fourth-order valence-electron chi connectivity index (χ4n) is 2.77. The van der Waals surface area contributed by atoms with Gasteiger partial charge in [-0.2, -0.15) is 0 Å². The van der Waals surface area contributed by atoms with Crippen LogP contribution in [0.3, 0.4) is 0 Å². The molecule has 158 valence electrons. The minimum atomic E-state index is -0.396. The molecule has 1 atom stereocenters. The van der Waals surface area contributed by atoms with E-state index in [0.717, 1.165) is 17.5 Å². The predicted octanol–water partition coefficient (Wildman–Crippen LogP) is 3.28. The lowest BCUT2D eigenvalue weighted by Crippen LogP contribution is -2.39. The first-order chi connectivity index (χ1) is 13.5. The largest absolute Gasteiger partial charge is 0.494 e. The number of methoxy groups -OCH3 is 1. The molecule has 2 rings (SSSR count). The summed E-state index contributed by atoms with van der Waals surface area (Å²) in [6.45, 7) is 2.57. The van der Waals surface area contributed by atoms with Crippen LogP contribution in [0.1, 0.15) is 34.5 Å². The van der Waals surface area contributed by atoms with Crippen LogP contribution in [0.2, 0.25) is 0 Å². The topological polar surface area (TPSA) is 74.8 Å². The van der Waals surface area contributed by atoms with Gasteiger partial charge in [-0.1, -0.05) is 18.2 Å². The summed E-state index contributed by atoms with van der Waals surface area (Å²) in [5.41, 5.74) is 2.48. The number of amides is 1. The van der Waals surface area contributed by atoms with Crippen molar-refractivity contribution in [1.29, 1.82) is 0 Å². The molecule has 3 N–H and O–H groups in total. The Balaban J connectivity index is 0.00000420. The molecule has 0 saturated heterocycles. The molecule has 0 spiro atoms. The van der Waals surface area contributed by atoms with Crippen LogP contribution in [-0.2, 0) is 6.42 Å². The molecule has 0 fully saturated rings. The third-order valence-electron chi connectivity index (χ3n) is 4.38. The fourth-order valence-corrected chi connectivity index (χ4v) is 2.77. The standard InChI is InChI=1S/C21H27FN4O2.HI/c1-14(16-8-9-19(28-4)18(22)13-16)26-21(24-3)25-11-10-15-6-5-7-17(12-15)20(27)23-2;/h5-9,12-14H,10-11H2,1-4H3,(H,23,27)(H2,24,25,26);1H. The van der Waals surface area contributed by atoms with Gasteiger partial charge in [-0.05, 0) is 48.7 Å². The summed E-state index contributed by atoms with van der Waals surface area (Å²) in [5, 5.41) is 9.10. The lowest BCUT2D eigenvalue weighted by Gasteiger charge is -2.19. The first-order valence-electron chi connectivity index (χ1n) is 9.10. The van der Waals surface area contributed by atoms with Gasteiger partial charge in [-0.15, -0.1) is 24.0 Å². The van der Waals surface area contributed by atoms with Crippen molar-refractivity contribution in [1.82, 2.24) is 16.0 Å². The molecule has 0 heterocycles. The van der Waals surface area contributed by atoms with Gasteiger partial charge in [-0.3, -0.25) is 9.79 Å². The minimum absolute atomic E-state index is 0. The molecule has 0 aromatic heterocycles. The number of halogens is 2. The Labute approximate surface area is 188 Å². The summed E-state index contributed by atoms with van der Waals surface area (Å²) < 4.78 is 18.9. The maximum Gasteiger partial charge on any atom is 0.251 e. The Bertz CT molecular complexity index is 845. The van der Waals surface area contributed by atoms with Gasteiger partial charge >= 0.3 is 0 Å². The highest BCUT2D eigenvalue weighted by Crippen LogP contribution is 2.21. The van der Waals surface area contributed by atoms with E-state index in [1.54, 1.807) is 26.2 Å². The SMILES string of the molecule is CN=C(NCCc1cccc(C(=O)NC)c1)NC(C)c1ccc(OC)c(F)c1.I. The second kappa shape index (κ2) is 12.3. The number of aliphatic imine (C=N–C) groups is 1. The number of rotatable bonds is 7. The Kier molecular flexibility index (Phi) is 10.4. The lowest BCUT2D eigenvalue weighted by atomic mass is 10.1. The van der Waals surface area contributed by atoms with Gasteiger partial charge in [0.1, 0.15) is 0 Å². The molecular weight excluding hydrogens is 486 g/mol. The summed E-state index contributed by atoms with van der Waals surface area (Å²) >= 11 is 0. The zero-order valence-electron chi connectivity index (χ0n) is 17.1. The van der Waals surface area contributed by atoms with Gasteiger partial charge < -0.3 is 20.7 Å². The van der Waals surface area contributed by atoms with Crippen molar-refractivity contribution in [2.45, 2.75) is 19.4 Å². The Morgan fingerprint density at radius 3 is 2.62 bits per heavy atom. The highest BCUT2D eigenvalue weighted by atomic mass is 127. The molecular formula is C21H28FIN4O2. The van der Waals surface area contributed by atoms with E-state index in [1.807, 2.05) is 31.2 Å². The zero-order chi connectivity index (χ0) is 20.5. The molecule has 2 aromatic rings. The van der Waals surface area contributed by atoms with Crippen LogP contribution in [0.15, 0.2) is 47.5 Å². The number of carbonyl (C=O) groups excluding carboxylic acids is 1. The van der Waals surface area contributed by atoms with Gasteiger partial charge in [0.2, 0.25) is 0 Å². The Hall–Kier alpha value is -2.36. The van der Waals surface area contributed by atoms with E-state index in [-0.39, 0.29) is 41.7 Å². The molecule has 1 unspecified atom stereocenters. The van der Waals surface area contributed by atoms with Crippen molar-refractivity contribution in [3.05, 3.63) is 65.0 Å². The maximum absolute atomic E-state index is 13.9.